The van der Waals surface area contributed by atoms with Gasteiger partial charge in [0.1, 0.15) is 17.3 Å². The first-order chi connectivity index (χ1) is 9.47. The molecule has 0 fully saturated rings. The van der Waals surface area contributed by atoms with Gasteiger partial charge in [0, 0.05) is 16.1 Å². The van der Waals surface area contributed by atoms with E-state index in [1.165, 1.54) is 0 Å². The molecule has 0 aliphatic carbocycles. The maximum atomic E-state index is 6.16. The van der Waals surface area contributed by atoms with Crippen molar-refractivity contribution in [3.63, 3.8) is 0 Å². The van der Waals surface area contributed by atoms with Crippen LogP contribution in [0.1, 0.15) is 16.7 Å². The largest absolute Gasteiger partial charge is 0.487 e. The molecule has 2 N–H and O–H groups in total. The van der Waals surface area contributed by atoms with E-state index in [4.69, 9.17) is 45.9 Å². The summed E-state index contributed by atoms with van der Waals surface area (Å²) in [6.45, 7) is 2.34. The van der Waals surface area contributed by atoms with Crippen LogP contribution in [-0.4, -0.2) is 4.99 Å². The smallest absolute Gasteiger partial charge is 0.138 e. The molecule has 0 saturated heterocycles. The van der Waals surface area contributed by atoms with Gasteiger partial charge in [-0.3, -0.25) is 0 Å². The van der Waals surface area contributed by atoms with Crippen molar-refractivity contribution < 1.29 is 4.74 Å². The molecule has 5 heteroatoms. The minimum atomic E-state index is 0.306. The number of halogens is 2. The zero-order valence-corrected chi connectivity index (χ0v) is 13.1. The van der Waals surface area contributed by atoms with E-state index in [0.717, 1.165) is 11.1 Å². The molecule has 0 aromatic heterocycles. The van der Waals surface area contributed by atoms with E-state index in [2.05, 4.69) is 0 Å². The summed E-state index contributed by atoms with van der Waals surface area (Å²) in [6.07, 6.45) is 0. The number of nitrogens with two attached hydrogens (primary N) is 1. The van der Waals surface area contributed by atoms with Gasteiger partial charge in [-0.25, -0.2) is 0 Å². The van der Waals surface area contributed by atoms with Gasteiger partial charge >= 0.3 is 0 Å². The maximum absolute atomic E-state index is 6.16. The molecule has 0 bridgehead atoms. The Morgan fingerprint density at radius 3 is 2.50 bits per heavy atom. The first-order valence-corrected chi connectivity index (χ1v) is 7.11. The minimum Gasteiger partial charge on any atom is -0.487 e. The number of hydrogen-bond donors (Lipinski definition) is 1. The Morgan fingerprint density at radius 2 is 1.90 bits per heavy atom. The second-order valence-electron chi connectivity index (χ2n) is 4.39. The minimum absolute atomic E-state index is 0.306. The Labute approximate surface area is 133 Å². The van der Waals surface area contributed by atoms with Gasteiger partial charge in [0.15, 0.2) is 0 Å². The average Bonchev–Trinajstić information content (AvgIpc) is 2.38. The quantitative estimate of drug-likeness (QED) is 0.839. The molecule has 0 saturated carbocycles. The fourth-order valence-corrected chi connectivity index (χ4v) is 2.35. The number of hydrogen-bond acceptors (Lipinski definition) is 2. The standard InChI is InChI=1S/C15H13Cl2NOS/c1-9-2-3-11(12(16)6-9)8-19-14-5-4-10(15(18)20)7-13(14)17/h2-7H,8H2,1H3,(H2,18,20). The van der Waals surface area contributed by atoms with Crippen LogP contribution in [0.5, 0.6) is 5.75 Å². The van der Waals surface area contributed by atoms with Crippen molar-refractivity contribution in [3.05, 3.63) is 63.1 Å². The van der Waals surface area contributed by atoms with Crippen LogP contribution in [0.4, 0.5) is 0 Å². The molecule has 0 unspecified atom stereocenters. The molecule has 104 valence electrons. The molecule has 0 atom stereocenters. The summed E-state index contributed by atoms with van der Waals surface area (Å²) in [6, 6.07) is 11.0. The predicted octanol–water partition coefficient (Wildman–Crippen LogP) is 4.52. The second kappa shape index (κ2) is 6.44. The zero-order chi connectivity index (χ0) is 14.7. The molecule has 0 heterocycles. The second-order valence-corrected chi connectivity index (χ2v) is 5.65. The van der Waals surface area contributed by atoms with Gasteiger partial charge in [0.05, 0.1) is 5.02 Å². The van der Waals surface area contributed by atoms with Crippen molar-refractivity contribution >= 4 is 40.4 Å². The molecule has 0 spiro atoms. The van der Waals surface area contributed by atoms with Gasteiger partial charge in [-0.2, -0.15) is 0 Å². The van der Waals surface area contributed by atoms with Crippen LogP contribution in [0.15, 0.2) is 36.4 Å². The van der Waals surface area contributed by atoms with Crippen LogP contribution in [0.3, 0.4) is 0 Å². The van der Waals surface area contributed by atoms with E-state index in [-0.39, 0.29) is 0 Å². The van der Waals surface area contributed by atoms with Crippen LogP contribution in [-0.2, 0) is 6.61 Å². The molecule has 0 radical (unpaired) electrons. The van der Waals surface area contributed by atoms with Crippen molar-refractivity contribution in [1.82, 2.24) is 0 Å². The summed E-state index contributed by atoms with van der Waals surface area (Å²) >= 11 is 17.2. The first-order valence-electron chi connectivity index (χ1n) is 5.94. The zero-order valence-electron chi connectivity index (χ0n) is 10.8. The highest BCUT2D eigenvalue weighted by atomic mass is 35.5. The number of thiocarbonyl (C=S) groups is 1. The normalized spacial score (nSPS) is 10.3. The Hall–Kier alpha value is -1.29. The van der Waals surface area contributed by atoms with E-state index in [1.807, 2.05) is 25.1 Å². The highest BCUT2D eigenvalue weighted by molar-refractivity contribution is 7.80. The van der Waals surface area contributed by atoms with Crippen LogP contribution in [0, 0.1) is 6.92 Å². The SMILES string of the molecule is Cc1ccc(COc2ccc(C(N)=S)cc2Cl)c(Cl)c1. The molecule has 0 aliphatic rings. The van der Waals surface area contributed by atoms with Gasteiger partial charge in [0.25, 0.3) is 0 Å². The molecule has 2 nitrogen and oxygen atoms in total. The third-order valence-electron chi connectivity index (χ3n) is 2.81. The van der Waals surface area contributed by atoms with Gasteiger partial charge in [-0.15, -0.1) is 0 Å². The molecule has 0 aliphatic heterocycles. The fraction of sp³-hybridized carbons (Fsp3) is 0.133. The summed E-state index contributed by atoms with van der Waals surface area (Å²) in [5.41, 5.74) is 8.28. The summed E-state index contributed by atoms with van der Waals surface area (Å²) in [5.74, 6) is 0.573. The predicted molar refractivity (Wildman–Crippen MR) is 87.9 cm³/mol. The van der Waals surface area contributed by atoms with E-state index in [0.29, 0.717) is 33.0 Å². The van der Waals surface area contributed by atoms with Crippen molar-refractivity contribution in [2.75, 3.05) is 0 Å². The number of aryl methyl sites for hydroxylation is 1. The van der Waals surface area contributed by atoms with Crippen LogP contribution in [0.2, 0.25) is 10.0 Å². The molecule has 2 rings (SSSR count). The highest BCUT2D eigenvalue weighted by Crippen LogP contribution is 2.27. The van der Waals surface area contributed by atoms with E-state index < -0.39 is 0 Å². The Morgan fingerprint density at radius 1 is 1.15 bits per heavy atom. The lowest BCUT2D eigenvalue weighted by molar-refractivity contribution is 0.306. The summed E-state index contributed by atoms with van der Waals surface area (Å²) in [5, 5.41) is 1.15. The highest BCUT2D eigenvalue weighted by Gasteiger charge is 2.07. The summed E-state index contributed by atoms with van der Waals surface area (Å²) < 4.78 is 5.68. The molecule has 0 amide bonds. The molecule has 20 heavy (non-hydrogen) atoms. The third kappa shape index (κ3) is 3.63. The van der Waals surface area contributed by atoms with E-state index in [1.54, 1.807) is 18.2 Å². The van der Waals surface area contributed by atoms with Crippen LogP contribution < -0.4 is 10.5 Å². The molecule has 2 aromatic carbocycles. The topological polar surface area (TPSA) is 35.2 Å². The molecule has 2 aromatic rings. The molecular formula is C15H13Cl2NOS. The lowest BCUT2D eigenvalue weighted by atomic mass is 10.1. The van der Waals surface area contributed by atoms with Crippen LogP contribution >= 0.6 is 35.4 Å². The lowest BCUT2D eigenvalue weighted by Crippen LogP contribution is -2.09. The Balaban J connectivity index is 2.13. The fourth-order valence-electron chi connectivity index (χ4n) is 1.70. The monoisotopic (exact) mass is 325 g/mol. The van der Waals surface area contributed by atoms with Crippen molar-refractivity contribution in [3.8, 4) is 5.75 Å². The van der Waals surface area contributed by atoms with Crippen LogP contribution in [0.25, 0.3) is 0 Å². The van der Waals surface area contributed by atoms with Crippen molar-refractivity contribution in [1.29, 1.82) is 0 Å². The Bertz CT molecular complexity index is 658. The van der Waals surface area contributed by atoms with Gasteiger partial charge in [-0.05, 0) is 36.8 Å². The Kier molecular flexibility index (Phi) is 4.86. The lowest BCUT2D eigenvalue weighted by Gasteiger charge is -2.10. The van der Waals surface area contributed by atoms with E-state index >= 15 is 0 Å². The number of ether oxygens (including phenoxy) is 1. The number of benzene rings is 2. The van der Waals surface area contributed by atoms with Gasteiger partial charge in [0.2, 0.25) is 0 Å². The van der Waals surface area contributed by atoms with Gasteiger partial charge in [-0.1, -0.05) is 47.6 Å². The summed E-state index contributed by atoms with van der Waals surface area (Å²) in [7, 11) is 0. The summed E-state index contributed by atoms with van der Waals surface area (Å²) in [4.78, 5) is 0.306. The van der Waals surface area contributed by atoms with Crippen molar-refractivity contribution in [2.45, 2.75) is 13.5 Å². The molecular weight excluding hydrogens is 313 g/mol. The number of rotatable bonds is 4. The van der Waals surface area contributed by atoms with Gasteiger partial charge < -0.3 is 10.5 Å². The third-order valence-corrected chi connectivity index (χ3v) is 3.69. The maximum Gasteiger partial charge on any atom is 0.138 e. The average molecular weight is 326 g/mol. The van der Waals surface area contributed by atoms with E-state index in [9.17, 15) is 0 Å². The van der Waals surface area contributed by atoms with Crippen molar-refractivity contribution in [2.24, 2.45) is 5.73 Å². The first kappa shape index (κ1) is 15.1.